The first-order valence-electron chi connectivity index (χ1n) is 11.6. The fraction of sp³-hybridized carbons (Fsp3) is 0.417. The van der Waals surface area contributed by atoms with E-state index in [1.54, 1.807) is 28.0 Å². The van der Waals surface area contributed by atoms with Crippen LogP contribution in [0.2, 0.25) is 0 Å². The lowest BCUT2D eigenvalue weighted by Gasteiger charge is -2.33. The first kappa shape index (κ1) is 24.7. The van der Waals surface area contributed by atoms with Gasteiger partial charge in [-0.3, -0.25) is 9.89 Å². The maximum Gasteiger partial charge on any atom is 0.573 e. The van der Waals surface area contributed by atoms with E-state index >= 15 is 0 Å². The summed E-state index contributed by atoms with van der Waals surface area (Å²) in [5, 5.41) is 10.5. The Morgan fingerprint density at radius 3 is 2.65 bits per heavy atom. The van der Waals surface area contributed by atoms with Gasteiger partial charge in [0.2, 0.25) is 0 Å². The van der Waals surface area contributed by atoms with E-state index in [9.17, 15) is 22.8 Å². The van der Waals surface area contributed by atoms with Crippen molar-refractivity contribution in [2.45, 2.75) is 19.4 Å². The highest BCUT2D eigenvalue weighted by Gasteiger charge is 2.40. The molecular formula is C24H24F3N5O5. The van der Waals surface area contributed by atoms with Gasteiger partial charge in [-0.1, -0.05) is 5.21 Å². The van der Waals surface area contributed by atoms with Crippen LogP contribution in [0.4, 0.5) is 18.0 Å². The minimum atomic E-state index is -4.82. The molecule has 5 rings (SSSR count). The third kappa shape index (κ3) is 5.39. The molecule has 2 saturated heterocycles. The van der Waals surface area contributed by atoms with Crippen molar-refractivity contribution >= 4 is 23.0 Å². The minimum Gasteiger partial charge on any atom is -0.496 e. The van der Waals surface area contributed by atoms with E-state index in [2.05, 4.69) is 20.1 Å². The Labute approximate surface area is 209 Å². The summed E-state index contributed by atoms with van der Waals surface area (Å²) in [6, 6.07) is 8.81. The van der Waals surface area contributed by atoms with Crippen LogP contribution >= 0.6 is 0 Å². The van der Waals surface area contributed by atoms with Crippen molar-refractivity contribution in [3.05, 3.63) is 47.5 Å². The predicted octanol–water partition coefficient (Wildman–Crippen LogP) is 3.60. The van der Waals surface area contributed by atoms with E-state index in [0.29, 0.717) is 42.8 Å². The molecular weight excluding hydrogens is 495 g/mol. The molecule has 2 aliphatic rings. The number of carbonyl (C=O) groups is 2. The molecule has 196 valence electrons. The second-order valence-electron chi connectivity index (χ2n) is 9.08. The summed E-state index contributed by atoms with van der Waals surface area (Å²) >= 11 is 0. The van der Waals surface area contributed by atoms with Crippen molar-refractivity contribution in [3.63, 3.8) is 0 Å². The van der Waals surface area contributed by atoms with Crippen LogP contribution in [-0.2, 0) is 11.3 Å². The summed E-state index contributed by atoms with van der Waals surface area (Å²) in [5.74, 6) is 0.00249. The Bertz CT molecular complexity index is 1310. The van der Waals surface area contributed by atoms with Crippen LogP contribution in [-0.4, -0.2) is 76.9 Å². The molecule has 0 saturated carbocycles. The Hall–Kier alpha value is -4.03. The van der Waals surface area contributed by atoms with Gasteiger partial charge in [-0.2, -0.15) is 0 Å². The zero-order valence-electron chi connectivity index (χ0n) is 19.8. The number of ether oxygens (including phenoxy) is 3. The normalized spacial score (nSPS) is 19.6. The predicted molar refractivity (Wildman–Crippen MR) is 123 cm³/mol. The topological polar surface area (TPSA) is 110 Å². The highest BCUT2D eigenvalue weighted by atomic mass is 19.4. The summed E-state index contributed by atoms with van der Waals surface area (Å²) in [4.78, 5) is 29.2. The molecule has 2 fully saturated rings. The van der Waals surface area contributed by atoms with Crippen molar-refractivity contribution < 1.29 is 37.0 Å². The van der Waals surface area contributed by atoms with E-state index in [0.717, 1.165) is 24.1 Å². The van der Waals surface area contributed by atoms with Crippen LogP contribution < -0.4 is 9.47 Å². The third-order valence-electron chi connectivity index (χ3n) is 6.76. The van der Waals surface area contributed by atoms with E-state index in [-0.39, 0.29) is 30.1 Å². The maximum atomic E-state index is 13.1. The zero-order chi connectivity index (χ0) is 26.2. The number of fused-ring (bicyclic) bond motifs is 2. The molecule has 2 aromatic carbocycles. The van der Waals surface area contributed by atoms with Gasteiger partial charge in [-0.25, -0.2) is 4.79 Å². The van der Waals surface area contributed by atoms with Gasteiger partial charge in [-0.05, 0) is 48.6 Å². The molecule has 2 atom stereocenters. The average molecular weight is 519 g/mol. The molecule has 10 nitrogen and oxygen atoms in total. The molecule has 13 heteroatoms. The summed E-state index contributed by atoms with van der Waals surface area (Å²) in [5.41, 5.74) is 2.32. The molecule has 1 aromatic heterocycles. The van der Waals surface area contributed by atoms with Crippen LogP contribution in [0.1, 0.15) is 22.3 Å². The number of H-pyrrole nitrogens is 1. The number of nitrogens with one attached hydrogen (secondary N) is 1. The summed E-state index contributed by atoms with van der Waals surface area (Å²) in [7, 11) is 1.31. The quantitative estimate of drug-likeness (QED) is 0.549. The van der Waals surface area contributed by atoms with E-state index in [1.807, 2.05) is 0 Å². The van der Waals surface area contributed by atoms with Crippen molar-refractivity contribution in [3.8, 4) is 11.5 Å². The number of aromatic amines is 1. The maximum absolute atomic E-state index is 13.1. The van der Waals surface area contributed by atoms with Crippen LogP contribution in [0.3, 0.4) is 0 Å². The third-order valence-corrected chi connectivity index (χ3v) is 6.76. The van der Waals surface area contributed by atoms with E-state index < -0.39 is 18.2 Å². The number of carbonyl (C=O) groups excluding carboxylic acids is 2. The Morgan fingerprint density at radius 2 is 1.86 bits per heavy atom. The Morgan fingerprint density at radius 1 is 1.08 bits per heavy atom. The van der Waals surface area contributed by atoms with Crippen LogP contribution in [0.5, 0.6) is 11.5 Å². The number of alkyl halides is 3. The van der Waals surface area contributed by atoms with Gasteiger partial charge in [0.05, 0.1) is 12.6 Å². The van der Waals surface area contributed by atoms with Crippen LogP contribution in [0, 0.1) is 11.8 Å². The second kappa shape index (κ2) is 9.79. The summed E-state index contributed by atoms with van der Waals surface area (Å²) in [6.07, 6.45) is -4.62. The molecule has 2 unspecified atom stereocenters. The van der Waals surface area contributed by atoms with Crippen LogP contribution in [0.15, 0.2) is 36.4 Å². The second-order valence-corrected chi connectivity index (χ2v) is 9.08. The first-order chi connectivity index (χ1) is 17.7. The number of benzene rings is 2. The molecule has 2 aliphatic heterocycles. The smallest absolute Gasteiger partial charge is 0.496 e. The molecule has 2 amide bonds. The first-order valence-corrected chi connectivity index (χ1v) is 11.6. The van der Waals surface area contributed by atoms with Gasteiger partial charge in [0.25, 0.3) is 5.91 Å². The molecule has 3 heterocycles. The molecule has 0 bridgehead atoms. The highest BCUT2D eigenvalue weighted by molar-refractivity contribution is 5.97. The van der Waals surface area contributed by atoms with E-state index in [4.69, 9.17) is 9.47 Å². The monoisotopic (exact) mass is 519 g/mol. The lowest BCUT2D eigenvalue weighted by molar-refractivity contribution is -0.274. The number of likely N-dealkylation sites (tertiary alicyclic amines) is 2. The number of methoxy groups -OCH3 is 1. The van der Waals surface area contributed by atoms with Crippen molar-refractivity contribution in [2.24, 2.45) is 11.8 Å². The van der Waals surface area contributed by atoms with Crippen molar-refractivity contribution in [2.75, 3.05) is 33.3 Å². The highest BCUT2D eigenvalue weighted by Crippen LogP contribution is 2.33. The number of hydrogen-bond donors (Lipinski definition) is 1. The molecule has 0 radical (unpaired) electrons. The number of nitrogens with zero attached hydrogens (tertiary/aromatic N) is 4. The van der Waals surface area contributed by atoms with E-state index in [1.165, 1.54) is 13.2 Å². The largest absolute Gasteiger partial charge is 0.573 e. The molecule has 0 spiro atoms. The molecule has 0 aliphatic carbocycles. The number of piperidine rings is 1. The van der Waals surface area contributed by atoms with Gasteiger partial charge < -0.3 is 24.0 Å². The van der Waals surface area contributed by atoms with Gasteiger partial charge in [0.1, 0.15) is 23.6 Å². The summed E-state index contributed by atoms with van der Waals surface area (Å²) in [6.45, 7) is 1.91. The van der Waals surface area contributed by atoms with Gasteiger partial charge in [0.15, 0.2) is 0 Å². The molecule has 37 heavy (non-hydrogen) atoms. The lowest BCUT2D eigenvalue weighted by Crippen LogP contribution is -2.43. The lowest BCUT2D eigenvalue weighted by atomic mass is 9.89. The Kier molecular flexibility index (Phi) is 6.52. The SMILES string of the molecule is COc1cc(OC(F)(F)F)ccc1COC(=O)N1CCC2CN(C(=O)c3ccc4[nH]nnc4c3)CC2C1. The fourth-order valence-corrected chi connectivity index (χ4v) is 4.93. The zero-order valence-corrected chi connectivity index (χ0v) is 19.8. The van der Waals surface area contributed by atoms with Crippen molar-refractivity contribution in [1.29, 1.82) is 0 Å². The number of hydrogen-bond acceptors (Lipinski definition) is 7. The minimum absolute atomic E-state index is 0.0847. The van der Waals surface area contributed by atoms with Gasteiger partial charge in [-0.15, -0.1) is 18.3 Å². The number of halogens is 3. The summed E-state index contributed by atoms with van der Waals surface area (Å²) < 4.78 is 51.8. The fourth-order valence-electron chi connectivity index (χ4n) is 4.93. The standard InChI is InChI=1S/C24H24F3N5O5/c1-35-21-9-18(37-24(25,26)27)4-2-16(21)13-36-23(34)31-7-6-15-10-32(12-17(15)11-31)22(33)14-3-5-19-20(8-14)29-30-28-19/h2-5,8-9,15,17H,6-7,10-13H2,1H3,(H,28,29,30). The Balaban J connectivity index is 1.16. The molecule has 1 N–H and O–H groups in total. The van der Waals surface area contributed by atoms with Crippen molar-refractivity contribution in [1.82, 2.24) is 25.2 Å². The number of amides is 2. The molecule has 3 aromatic rings. The van der Waals surface area contributed by atoms with Gasteiger partial charge in [0, 0.05) is 43.4 Å². The van der Waals surface area contributed by atoms with Crippen LogP contribution in [0.25, 0.3) is 11.0 Å². The number of rotatable bonds is 5. The number of aromatic nitrogens is 3. The van der Waals surface area contributed by atoms with Gasteiger partial charge >= 0.3 is 12.5 Å². The average Bonchev–Trinajstić information content (AvgIpc) is 3.52.